The highest BCUT2D eigenvalue weighted by Crippen LogP contribution is 2.31. The standard InChI is InChI=1S/C26H33N3OS.ClH/c1-2-20-13-15-23(16-14-20)27-25(30)17-24-19-31-26(28-22-11-7-4-8-12-22)29(24)18-21-9-5-3-6-10-21;/h3,5-6,9-10,13-16,22,24H,2,4,7-8,11-12,17-19H2,1H3,(H,27,30);1H. The number of halogens is 1. The predicted octanol–water partition coefficient (Wildman–Crippen LogP) is 6.31. The van der Waals surface area contributed by atoms with Crippen molar-refractivity contribution in [1.82, 2.24) is 4.90 Å². The second kappa shape index (κ2) is 12.3. The molecule has 172 valence electrons. The van der Waals surface area contributed by atoms with Crippen molar-refractivity contribution in [3.8, 4) is 0 Å². The van der Waals surface area contributed by atoms with Crippen molar-refractivity contribution >= 4 is 40.9 Å². The van der Waals surface area contributed by atoms with Gasteiger partial charge in [-0.3, -0.25) is 9.79 Å². The van der Waals surface area contributed by atoms with Crippen LogP contribution in [0.5, 0.6) is 0 Å². The first kappa shape index (κ1) is 24.7. The molecule has 0 radical (unpaired) electrons. The number of nitrogens with one attached hydrogen (secondary N) is 1. The molecule has 1 amide bonds. The fourth-order valence-corrected chi connectivity index (χ4v) is 5.62. The maximum Gasteiger partial charge on any atom is 0.226 e. The third kappa shape index (κ3) is 6.76. The van der Waals surface area contributed by atoms with E-state index in [0.29, 0.717) is 12.5 Å². The van der Waals surface area contributed by atoms with Crippen LogP contribution in [0, 0.1) is 0 Å². The molecule has 4 nitrogen and oxygen atoms in total. The lowest BCUT2D eigenvalue weighted by Crippen LogP contribution is -2.37. The number of hydrogen-bond donors (Lipinski definition) is 1. The zero-order chi connectivity index (χ0) is 21.5. The molecule has 0 bridgehead atoms. The zero-order valence-corrected chi connectivity index (χ0v) is 20.5. The molecule has 2 aromatic carbocycles. The summed E-state index contributed by atoms with van der Waals surface area (Å²) in [6, 6.07) is 19.3. The van der Waals surface area contributed by atoms with E-state index in [2.05, 4.69) is 53.5 Å². The third-order valence-electron chi connectivity index (χ3n) is 6.22. The Balaban J connectivity index is 0.00000289. The highest BCUT2D eigenvalue weighted by Gasteiger charge is 2.32. The van der Waals surface area contributed by atoms with Gasteiger partial charge in [-0.25, -0.2) is 0 Å². The molecule has 0 spiro atoms. The van der Waals surface area contributed by atoms with Gasteiger partial charge >= 0.3 is 0 Å². The van der Waals surface area contributed by atoms with E-state index in [1.807, 2.05) is 30.0 Å². The molecule has 1 aliphatic heterocycles. The van der Waals surface area contributed by atoms with Crippen molar-refractivity contribution in [2.75, 3.05) is 11.1 Å². The normalized spacial score (nSPS) is 20.2. The van der Waals surface area contributed by atoms with E-state index in [-0.39, 0.29) is 24.4 Å². The van der Waals surface area contributed by atoms with Gasteiger partial charge in [0.2, 0.25) is 5.91 Å². The van der Waals surface area contributed by atoms with Gasteiger partial charge in [0, 0.05) is 30.4 Å². The van der Waals surface area contributed by atoms with Crippen LogP contribution in [0.1, 0.15) is 56.6 Å². The Morgan fingerprint density at radius 1 is 1.03 bits per heavy atom. The summed E-state index contributed by atoms with van der Waals surface area (Å²) in [4.78, 5) is 20.3. The SMILES string of the molecule is CCc1ccc(NC(=O)CC2CSC(=NC3CCCCC3)N2Cc2ccccc2)cc1.Cl. The predicted molar refractivity (Wildman–Crippen MR) is 139 cm³/mol. The molecule has 1 heterocycles. The van der Waals surface area contributed by atoms with Crippen molar-refractivity contribution in [3.63, 3.8) is 0 Å². The zero-order valence-electron chi connectivity index (χ0n) is 18.8. The van der Waals surface area contributed by atoms with Crippen LogP contribution in [0.15, 0.2) is 59.6 Å². The summed E-state index contributed by atoms with van der Waals surface area (Å²) in [5.41, 5.74) is 3.42. The number of carbonyl (C=O) groups excluding carboxylic acids is 1. The Morgan fingerprint density at radius 3 is 2.44 bits per heavy atom. The largest absolute Gasteiger partial charge is 0.343 e. The molecule has 1 saturated carbocycles. The van der Waals surface area contributed by atoms with Crippen molar-refractivity contribution in [3.05, 3.63) is 65.7 Å². The van der Waals surface area contributed by atoms with E-state index in [0.717, 1.165) is 29.6 Å². The average molecular weight is 472 g/mol. The lowest BCUT2D eigenvalue weighted by atomic mass is 9.96. The van der Waals surface area contributed by atoms with Gasteiger partial charge in [-0.05, 0) is 42.5 Å². The number of hydrogen-bond acceptors (Lipinski definition) is 3. The maximum atomic E-state index is 12.8. The minimum atomic E-state index is 0. The van der Waals surface area contributed by atoms with Crippen molar-refractivity contribution in [2.24, 2.45) is 4.99 Å². The number of anilines is 1. The number of aryl methyl sites for hydroxylation is 1. The molecular weight excluding hydrogens is 438 g/mol. The number of benzene rings is 2. The van der Waals surface area contributed by atoms with Gasteiger partial charge in [-0.1, -0.05) is 80.4 Å². The molecule has 2 aliphatic rings. The summed E-state index contributed by atoms with van der Waals surface area (Å²) in [6.45, 7) is 2.95. The van der Waals surface area contributed by atoms with E-state index < -0.39 is 0 Å². The number of amides is 1. The highest BCUT2D eigenvalue weighted by atomic mass is 35.5. The van der Waals surface area contributed by atoms with Crippen molar-refractivity contribution < 1.29 is 4.79 Å². The van der Waals surface area contributed by atoms with Gasteiger partial charge in [-0.15, -0.1) is 12.4 Å². The number of amidine groups is 1. The summed E-state index contributed by atoms with van der Waals surface area (Å²) in [5.74, 6) is 0.993. The summed E-state index contributed by atoms with van der Waals surface area (Å²) in [7, 11) is 0. The van der Waals surface area contributed by atoms with E-state index in [9.17, 15) is 4.79 Å². The summed E-state index contributed by atoms with van der Waals surface area (Å²) >= 11 is 1.82. The molecule has 6 heteroatoms. The summed E-state index contributed by atoms with van der Waals surface area (Å²) in [6.07, 6.45) is 7.79. The van der Waals surface area contributed by atoms with Gasteiger partial charge < -0.3 is 10.2 Å². The van der Waals surface area contributed by atoms with Gasteiger partial charge in [0.1, 0.15) is 0 Å². The van der Waals surface area contributed by atoms with Crippen molar-refractivity contribution in [2.45, 2.75) is 70.5 Å². The van der Waals surface area contributed by atoms with Crippen LogP contribution < -0.4 is 5.32 Å². The Morgan fingerprint density at radius 2 is 1.75 bits per heavy atom. The summed E-state index contributed by atoms with van der Waals surface area (Å²) < 4.78 is 0. The molecule has 2 fully saturated rings. The Bertz CT molecular complexity index is 882. The van der Waals surface area contributed by atoms with Crippen LogP contribution >= 0.6 is 24.2 Å². The molecule has 32 heavy (non-hydrogen) atoms. The minimum Gasteiger partial charge on any atom is -0.343 e. The van der Waals surface area contributed by atoms with Crippen LogP contribution in [-0.2, 0) is 17.8 Å². The lowest BCUT2D eigenvalue weighted by molar-refractivity contribution is -0.116. The van der Waals surface area contributed by atoms with Crippen LogP contribution in [-0.4, -0.2) is 33.8 Å². The Kier molecular flexibility index (Phi) is 9.49. The minimum absolute atomic E-state index is 0. The fraction of sp³-hybridized carbons (Fsp3) is 0.462. The first-order chi connectivity index (χ1) is 15.2. The number of carbonyl (C=O) groups is 1. The Hall–Kier alpha value is -1.98. The average Bonchev–Trinajstić information content (AvgIpc) is 3.16. The molecule has 1 unspecified atom stereocenters. The van der Waals surface area contributed by atoms with E-state index in [4.69, 9.17) is 4.99 Å². The number of rotatable bonds is 7. The van der Waals surface area contributed by atoms with Gasteiger partial charge in [0.15, 0.2) is 5.17 Å². The third-order valence-corrected chi connectivity index (χ3v) is 7.37. The second-order valence-electron chi connectivity index (χ2n) is 8.58. The molecule has 2 aromatic rings. The van der Waals surface area contributed by atoms with Gasteiger partial charge in [0.25, 0.3) is 0 Å². The molecule has 1 saturated heterocycles. The van der Waals surface area contributed by atoms with Gasteiger partial charge in [-0.2, -0.15) is 0 Å². The topological polar surface area (TPSA) is 44.7 Å². The Labute approximate surface area is 202 Å². The number of thioether (sulfide) groups is 1. The number of aliphatic imine (C=N–C) groups is 1. The molecule has 1 atom stereocenters. The quantitative estimate of drug-likeness (QED) is 0.514. The van der Waals surface area contributed by atoms with E-state index >= 15 is 0 Å². The highest BCUT2D eigenvalue weighted by molar-refractivity contribution is 8.14. The second-order valence-corrected chi connectivity index (χ2v) is 9.57. The first-order valence-electron chi connectivity index (χ1n) is 11.6. The smallest absolute Gasteiger partial charge is 0.226 e. The molecule has 4 rings (SSSR count). The number of nitrogens with zero attached hydrogens (tertiary/aromatic N) is 2. The van der Waals surface area contributed by atoms with Crippen molar-refractivity contribution in [1.29, 1.82) is 0 Å². The maximum absolute atomic E-state index is 12.8. The van der Waals surface area contributed by atoms with E-state index in [1.54, 1.807) is 0 Å². The van der Waals surface area contributed by atoms with Crippen LogP contribution in [0.2, 0.25) is 0 Å². The van der Waals surface area contributed by atoms with E-state index in [1.165, 1.54) is 43.2 Å². The molecule has 0 aromatic heterocycles. The fourth-order valence-electron chi connectivity index (χ4n) is 4.37. The first-order valence-corrected chi connectivity index (χ1v) is 12.6. The van der Waals surface area contributed by atoms with Crippen LogP contribution in [0.3, 0.4) is 0 Å². The monoisotopic (exact) mass is 471 g/mol. The molecular formula is C26H34ClN3OS. The molecule has 1 aliphatic carbocycles. The lowest BCUT2D eigenvalue weighted by Gasteiger charge is -2.27. The van der Waals surface area contributed by atoms with Crippen LogP contribution in [0.4, 0.5) is 5.69 Å². The van der Waals surface area contributed by atoms with Gasteiger partial charge in [0.05, 0.1) is 6.04 Å². The molecule has 1 N–H and O–H groups in total. The summed E-state index contributed by atoms with van der Waals surface area (Å²) in [5, 5.41) is 4.21. The van der Waals surface area contributed by atoms with Crippen LogP contribution in [0.25, 0.3) is 0 Å².